The van der Waals surface area contributed by atoms with Crippen LogP contribution >= 0.6 is 0 Å². The Labute approximate surface area is 158 Å². The molecule has 1 unspecified atom stereocenters. The summed E-state index contributed by atoms with van der Waals surface area (Å²) in [4.78, 5) is 23.6. The molecule has 0 saturated heterocycles. The van der Waals surface area contributed by atoms with Gasteiger partial charge in [-0.25, -0.2) is 0 Å². The maximum absolute atomic E-state index is 11.8. The molecule has 0 radical (unpaired) electrons. The molecule has 132 valence electrons. The number of Topliss-reactive ketones (excluding diaryl/α,β-unsaturated/α-hetero) is 1. The third kappa shape index (κ3) is 5.56. The van der Waals surface area contributed by atoms with E-state index < -0.39 is 11.9 Å². The molecular formula is C20H22IO4+. The molecule has 2 aromatic carbocycles. The highest BCUT2D eigenvalue weighted by Gasteiger charge is 2.26. The molecule has 0 saturated carbocycles. The fraction of sp³-hybridized carbons (Fsp3) is 0.300. The summed E-state index contributed by atoms with van der Waals surface area (Å²) in [5.74, 6) is -0.545. The first-order chi connectivity index (χ1) is 12.0. The highest BCUT2D eigenvalue weighted by atomic mass is 127. The number of hydrogen-bond acceptors (Lipinski definition) is 4. The summed E-state index contributed by atoms with van der Waals surface area (Å²) in [6, 6.07) is 16.4. The van der Waals surface area contributed by atoms with Gasteiger partial charge in [-0.1, -0.05) is 18.2 Å². The van der Waals surface area contributed by atoms with Gasteiger partial charge in [0.1, 0.15) is 17.5 Å². The number of rotatable bonds is 8. The van der Waals surface area contributed by atoms with E-state index in [2.05, 4.69) is 18.2 Å². The van der Waals surface area contributed by atoms with Gasteiger partial charge in [-0.05, 0) is 50.1 Å². The summed E-state index contributed by atoms with van der Waals surface area (Å²) in [7, 11) is 2.95. The molecule has 25 heavy (non-hydrogen) atoms. The lowest BCUT2D eigenvalue weighted by Crippen LogP contribution is -3.61. The predicted molar refractivity (Wildman–Crippen MR) is 91.3 cm³/mol. The maximum atomic E-state index is 11.8. The number of esters is 1. The molecule has 0 heterocycles. The van der Waals surface area contributed by atoms with Crippen molar-refractivity contribution < 1.29 is 40.3 Å². The van der Waals surface area contributed by atoms with Gasteiger partial charge in [-0.2, -0.15) is 0 Å². The monoisotopic (exact) mass is 453 g/mol. The fourth-order valence-corrected chi connectivity index (χ4v) is 5.06. The van der Waals surface area contributed by atoms with Gasteiger partial charge >= 0.3 is 27.2 Å². The van der Waals surface area contributed by atoms with E-state index in [4.69, 9.17) is 9.47 Å². The van der Waals surface area contributed by atoms with Crippen molar-refractivity contribution in [3.8, 4) is 5.75 Å². The van der Waals surface area contributed by atoms with Crippen molar-refractivity contribution in [3.05, 3.63) is 61.2 Å². The molecule has 0 fully saturated rings. The summed E-state index contributed by atoms with van der Waals surface area (Å²) < 4.78 is 12.7. The molecule has 0 amide bonds. The van der Waals surface area contributed by atoms with Crippen molar-refractivity contribution in [2.45, 2.75) is 19.8 Å². The van der Waals surface area contributed by atoms with Crippen LogP contribution in [0.2, 0.25) is 0 Å². The van der Waals surface area contributed by atoms with E-state index in [9.17, 15) is 9.59 Å². The number of ether oxygens (including phenoxy) is 2. The summed E-state index contributed by atoms with van der Waals surface area (Å²) in [6.45, 7) is 1.44. The first-order valence-corrected chi connectivity index (χ1v) is 10.2. The van der Waals surface area contributed by atoms with E-state index in [0.717, 1.165) is 11.3 Å². The number of halogens is 1. The number of aryl methyl sites for hydroxylation is 1. The Morgan fingerprint density at radius 1 is 1.08 bits per heavy atom. The van der Waals surface area contributed by atoms with Crippen LogP contribution in [-0.4, -0.2) is 26.0 Å². The normalized spacial score (nSPS) is 11.6. The molecule has 0 aliphatic rings. The fourth-order valence-electron chi connectivity index (χ4n) is 2.49. The minimum atomic E-state index is -0.709. The van der Waals surface area contributed by atoms with Crippen LogP contribution in [0, 0.1) is 13.1 Å². The lowest BCUT2D eigenvalue weighted by molar-refractivity contribution is -0.598. The van der Waals surface area contributed by atoms with Gasteiger partial charge in [0.2, 0.25) is 0 Å². The van der Waals surface area contributed by atoms with Crippen LogP contribution in [0.5, 0.6) is 5.75 Å². The number of hydrogen-bond donors (Lipinski definition) is 0. The molecule has 0 spiro atoms. The lowest BCUT2D eigenvalue weighted by atomic mass is 9.96. The van der Waals surface area contributed by atoms with Gasteiger partial charge in [0.25, 0.3) is 0 Å². The molecule has 1 atom stereocenters. The molecule has 0 aliphatic heterocycles. The quantitative estimate of drug-likeness (QED) is 0.324. The Morgan fingerprint density at radius 3 is 2.40 bits per heavy atom. The Bertz CT molecular complexity index is 728. The maximum Gasteiger partial charge on any atom is 0.358 e. The van der Waals surface area contributed by atoms with Crippen molar-refractivity contribution in [2.75, 3.05) is 14.2 Å². The number of carbonyl (C=O) groups is 2. The minimum absolute atomic E-state index is 0.158. The number of ketones is 1. The van der Waals surface area contributed by atoms with Crippen molar-refractivity contribution >= 4 is 11.8 Å². The second kappa shape index (κ2) is 9.56. The molecular weight excluding hydrogens is 431 g/mol. The molecule has 0 aromatic heterocycles. The lowest BCUT2D eigenvalue weighted by Gasteiger charge is -2.11. The molecule has 2 rings (SSSR count). The van der Waals surface area contributed by atoms with E-state index in [1.807, 2.05) is 30.3 Å². The van der Waals surface area contributed by atoms with E-state index in [1.165, 1.54) is 21.2 Å². The average Bonchev–Trinajstić information content (AvgIpc) is 2.63. The highest BCUT2D eigenvalue weighted by Crippen LogP contribution is 2.17. The second-order valence-electron chi connectivity index (χ2n) is 5.57. The summed E-state index contributed by atoms with van der Waals surface area (Å²) in [5.41, 5.74) is 1.13. The standard InChI is InChI=1S/C20H22IO4/c1-14(22)18(20(23)25-3)11-9-15-13-17(24-2)10-12-19(15)21-16-7-5-4-6-8-16/h4-8,10,12-13,18H,9,11H2,1-3H3/q+1. The highest BCUT2D eigenvalue weighted by molar-refractivity contribution is 5.97. The molecule has 0 bridgehead atoms. The molecule has 5 heteroatoms. The van der Waals surface area contributed by atoms with Gasteiger partial charge < -0.3 is 9.47 Å². The van der Waals surface area contributed by atoms with Crippen LogP contribution < -0.4 is 25.9 Å². The minimum Gasteiger partial charge on any atom is -0.497 e. The van der Waals surface area contributed by atoms with E-state index in [0.29, 0.717) is 12.8 Å². The van der Waals surface area contributed by atoms with Crippen LogP contribution in [0.15, 0.2) is 48.5 Å². The second-order valence-corrected chi connectivity index (χ2v) is 8.52. The van der Waals surface area contributed by atoms with E-state index in [-0.39, 0.29) is 27.0 Å². The van der Waals surface area contributed by atoms with Crippen molar-refractivity contribution in [3.63, 3.8) is 0 Å². The van der Waals surface area contributed by atoms with Gasteiger partial charge in [-0.15, -0.1) is 0 Å². The van der Waals surface area contributed by atoms with Crippen LogP contribution in [0.25, 0.3) is 0 Å². The average molecular weight is 453 g/mol. The predicted octanol–water partition coefficient (Wildman–Crippen LogP) is 0.134. The third-order valence-electron chi connectivity index (χ3n) is 3.88. The van der Waals surface area contributed by atoms with Gasteiger partial charge in [-0.3, -0.25) is 9.59 Å². The summed E-state index contributed by atoms with van der Waals surface area (Å²) >= 11 is -0.335. The molecule has 0 N–H and O–H groups in total. The van der Waals surface area contributed by atoms with Gasteiger partial charge in [0.15, 0.2) is 7.14 Å². The van der Waals surface area contributed by atoms with Crippen LogP contribution in [0.4, 0.5) is 0 Å². The third-order valence-corrected chi connectivity index (χ3v) is 6.85. The topological polar surface area (TPSA) is 52.6 Å². The van der Waals surface area contributed by atoms with Crippen LogP contribution in [-0.2, 0) is 20.7 Å². The van der Waals surface area contributed by atoms with E-state index in [1.54, 1.807) is 7.11 Å². The Morgan fingerprint density at radius 2 is 1.80 bits per heavy atom. The number of methoxy groups -OCH3 is 2. The molecule has 4 nitrogen and oxygen atoms in total. The first-order valence-electron chi connectivity index (χ1n) is 8.00. The van der Waals surface area contributed by atoms with Crippen molar-refractivity contribution in [2.24, 2.45) is 5.92 Å². The zero-order chi connectivity index (χ0) is 18.2. The van der Waals surface area contributed by atoms with Crippen LogP contribution in [0.1, 0.15) is 18.9 Å². The van der Waals surface area contributed by atoms with Crippen LogP contribution in [0.3, 0.4) is 0 Å². The first kappa shape index (κ1) is 19.4. The zero-order valence-electron chi connectivity index (χ0n) is 14.6. The summed E-state index contributed by atoms with van der Waals surface area (Å²) in [6.07, 6.45) is 1.08. The summed E-state index contributed by atoms with van der Waals surface area (Å²) in [5, 5.41) is 0. The zero-order valence-corrected chi connectivity index (χ0v) is 16.8. The van der Waals surface area contributed by atoms with Gasteiger partial charge in [0.05, 0.1) is 14.2 Å². The van der Waals surface area contributed by atoms with Crippen molar-refractivity contribution in [1.82, 2.24) is 0 Å². The van der Waals surface area contributed by atoms with Gasteiger partial charge in [0, 0.05) is 5.56 Å². The van der Waals surface area contributed by atoms with Crippen molar-refractivity contribution in [1.29, 1.82) is 0 Å². The molecule has 2 aromatic rings. The number of carbonyl (C=O) groups excluding carboxylic acids is 2. The Balaban J connectivity index is 2.22. The Hall–Kier alpha value is -1.89. The van der Waals surface area contributed by atoms with E-state index >= 15 is 0 Å². The smallest absolute Gasteiger partial charge is 0.358 e. The Kier molecular flexibility index (Phi) is 7.43. The SMILES string of the molecule is COC(=O)C(CCc1cc(OC)ccc1[I+]c1ccccc1)C(C)=O. The largest absolute Gasteiger partial charge is 0.497 e. The molecule has 0 aliphatic carbocycles. The number of benzene rings is 2.